The van der Waals surface area contributed by atoms with Gasteiger partial charge in [-0.05, 0) is 139 Å². The number of carbonyl (C=O) groups is 20. The van der Waals surface area contributed by atoms with E-state index in [-0.39, 0.29) is 63.3 Å². The second-order valence-electron chi connectivity index (χ2n) is 31.0. The highest BCUT2D eigenvalue weighted by Crippen LogP contribution is 2.15. The van der Waals surface area contributed by atoms with Crippen molar-refractivity contribution in [3.63, 3.8) is 0 Å². The van der Waals surface area contributed by atoms with Crippen LogP contribution in [0.25, 0.3) is 0 Å². The van der Waals surface area contributed by atoms with Crippen LogP contribution in [0, 0.1) is 17.8 Å². The van der Waals surface area contributed by atoms with E-state index in [0.717, 1.165) is 61.8 Å². The highest BCUT2D eigenvalue weighted by molar-refractivity contribution is 5.85. The first-order valence-corrected chi connectivity index (χ1v) is 43.6. The lowest BCUT2D eigenvalue weighted by Crippen LogP contribution is -2.36. The van der Waals surface area contributed by atoms with E-state index in [1.54, 1.807) is 44.3 Å². The van der Waals surface area contributed by atoms with Gasteiger partial charge in [0.05, 0.1) is 32.1 Å². The van der Waals surface area contributed by atoms with Crippen LogP contribution in [-0.4, -0.2) is 323 Å². The average Bonchev–Trinajstić information content (AvgIpc) is 0.991. The number of imidazole rings is 1. The number of ether oxygens (including phenoxy) is 1. The van der Waals surface area contributed by atoms with Gasteiger partial charge >= 0.3 is 95.5 Å². The fourth-order valence-electron chi connectivity index (χ4n) is 7.52. The molecule has 838 valence electrons. The summed E-state index contributed by atoms with van der Waals surface area (Å²) in [5, 5.41) is 123. The van der Waals surface area contributed by atoms with Gasteiger partial charge < -0.3 is 218 Å². The molecule has 62 N–H and O–H groups in total. The van der Waals surface area contributed by atoms with Gasteiger partial charge in [-0.3, -0.25) is 91.1 Å². The number of nitrogens with two attached hydrogens (primary N) is 23. The number of esters is 1. The first kappa shape index (κ1) is 157. The average molecular weight is 2100 g/mol. The second-order valence-corrected chi connectivity index (χ2v) is 31.0. The SMILES string of the molecule is CC(C)C[C@H](N)C(=O)O.CC(C)[C@H](N)C(=O)O.CC[C@H](C)[C@H](N)C(=O)O.C[C@H](N)C(=O)O.C[C@H](N)C(=O)O.NC(=O)CC[C@H](N)C(=O)O.NC(=O)C[C@H](N)C(=O)O.NC(=O)C[C@H](N)C(=O)O.NC(=O)C[C@H](N)C(=O)O.NCC(=O)O.NCCCC[C@H](N)C(=O)O.NCCCC[C@H](N)C(=O)O.NCCCC[C@H](N)C(=O)Oc1ccc(C[C@H](N)C(=O)O)cc1.N[C@@H](Cc1ccccc1)C(=O)O.N[C@@H](Cc1cnc[nH]1)C(=O)O. The second kappa shape index (κ2) is 97.7. The minimum Gasteiger partial charge on any atom is -0.480 e. The first-order valence-electron chi connectivity index (χ1n) is 43.6. The molecule has 1 aromatic heterocycles. The Morgan fingerprint density at radius 1 is 0.331 bits per heavy atom. The number of carboxylic acid groups (broad SMARTS) is 15. The molecule has 0 saturated heterocycles. The molecular formula is C84H161N25O36. The number of hydrogen-bond acceptors (Lipinski definition) is 41. The molecule has 61 heteroatoms. The monoisotopic (exact) mass is 2100 g/mol. The van der Waals surface area contributed by atoms with E-state index in [4.69, 9.17) is 190 Å². The molecule has 16 atom stereocenters. The largest absolute Gasteiger partial charge is 0.480 e. The Balaban J connectivity index is -0.000000133. The van der Waals surface area contributed by atoms with E-state index < -0.39 is 210 Å². The number of unbranched alkanes of at least 4 members (excludes halogenated alkanes) is 3. The zero-order chi connectivity index (χ0) is 116. The van der Waals surface area contributed by atoms with Gasteiger partial charge in [-0.2, -0.15) is 0 Å². The number of primary amides is 4. The van der Waals surface area contributed by atoms with E-state index in [9.17, 15) is 95.9 Å². The van der Waals surface area contributed by atoms with Crippen molar-refractivity contribution in [3.05, 3.63) is 83.9 Å². The Morgan fingerprint density at radius 3 is 0.814 bits per heavy atom. The Labute approximate surface area is 836 Å². The number of rotatable bonds is 49. The van der Waals surface area contributed by atoms with Crippen molar-refractivity contribution in [2.45, 2.75) is 268 Å². The van der Waals surface area contributed by atoms with Crippen molar-refractivity contribution < 1.29 is 177 Å². The maximum atomic E-state index is 11.8. The van der Waals surface area contributed by atoms with Gasteiger partial charge in [0.1, 0.15) is 96.4 Å². The summed E-state index contributed by atoms with van der Waals surface area (Å²) in [4.78, 5) is 208. The predicted octanol–water partition coefficient (Wildman–Crippen LogP) is -8.64. The van der Waals surface area contributed by atoms with Gasteiger partial charge in [-0.25, -0.2) is 9.78 Å². The van der Waals surface area contributed by atoms with Crippen LogP contribution in [-0.2, 0) is 115 Å². The molecule has 0 radical (unpaired) electrons. The summed E-state index contributed by atoms with van der Waals surface area (Å²) < 4.78 is 5.17. The lowest BCUT2D eigenvalue weighted by atomic mass is 10.0. The molecule has 145 heavy (non-hydrogen) atoms. The molecule has 0 saturated carbocycles. The van der Waals surface area contributed by atoms with Crippen molar-refractivity contribution in [3.8, 4) is 5.75 Å². The van der Waals surface area contributed by atoms with Gasteiger partial charge in [0, 0.05) is 24.7 Å². The number of H-pyrrole nitrogens is 1. The van der Waals surface area contributed by atoms with E-state index in [0.29, 0.717) is 63.4 Å². The van der Waals surface area contributed by atoms with Gasteiger partial charge in [-0.15, -0.1) is 0 Å². The van der Waals surface area contributed by atoms with Crippen LogP contribution in [0.1, 0.15) is 175 Å². The molecule has 4 amide bonds. The first-order chi connectivity index (χ1) is 66.6. The topological polar surface area (TPSA) is 1280 Å². The fourth-order valence-corrected chi connectivity index (χ4v) is 7.52. The van der Waals surface area contributed by atoms with Crippen molar-refractivity contribution in [1.29, 1.82) is 0 Å². The van der Waals surface area contributed by atoms with Crippen LogP contribution in [0.5, 0.6) is 5.75 Å². The molecule has 0 aliphatic rings. The highest BCUT2D eigenvalue weighted by atomic mass is 16.5. The van der Waals surface area contributed by atoms with Crippen molar-refractivity contribution >= 4 is 119 Å². The molecule has 61 nitrogen and oxygen atoms in total. The summed E-state index contributed by atoms with van der Waals surface area (Å²) in [6.45, 7) is 15.5. The predicted molar refractivity (Wildman–Crippen MR) is 525 cm³/mol. The van der Waals surface area contributed by atoms with Crippen molar-refractivity contribution in [1.82, 2.24) is 9.97 Å². The van der Waals surface area contributed by atoms with Crippen molar-refractivity contribution in [2.24, 2.45) is 150 Å². The van der Waals surface area contributed by atoms with E-state index in [1.807, 2.05) is 58.0 Å². The Morgan fingerprint density at radius 2 is 0.614 bits per heavy atom. The molecule has 0 aliphatic carbocycles. The number of hydrogen-bond donors (Lipinski definition) is 39. The quantitative estimate of drug-likeness (QED) is 0.0142. The maximum Gasteiger partial charge on any atom is 0.328 e. The number of aliphatic carboxylic acids is 15. The third-order valence-corrected chi connectivity index (χ3v) is 16.5. The summed E-state index contributed by atoms with van der Waals surface area (Å²) >= 11 is 0. The smallest absolute Gasteiger partial charge is 0.328 e. The number of aromatic amines is 1. The van der Waals surface area contributed by atoms with Crippen LogP contribution < -0.4 is 137 Å². The summed E-state index contributed by atoms with van der Waals surface area (Å²) in [6, 6.07) is 3.12. The molecule has 2 aromatic carbocycles. The normalized spacial score (nSPS) is 13.1. The summed E-state index contributed by atoms with van der Waals surface area (Å²) in [5.74, 6) is -17.6. The lowest BCUT2D eigenvalue weighted by molar-refractivity contribution is -0.140. The maximum absolute atomic E-state index is 11.8. The van der Waals surface area contributed by atoms with E-state index >= 15 is 0 Å². The molecule has 0 aliphatic heterocycles. The van der Waals surface area contributed by atoms with Crippen LogP contribution in [0.2, 0.25) is 0 Å². The highest BCUT2D eigenvalue weighted by Gasteiger charge is 2.22. The van der Waals surface area contributed by atoms with Crippen LogP contribution in [0.3, 0.4) is 0 Å². The number of carbonyl (C=O) groups excluding carboxylic acids is 5. The van der Waals surface area contributed by atoms with Crippen molar-refractivity contribution in [2.75, 3.05) is 26.2 Å². The van der Waals surface area contributed by atoms with Crippen LogP contribution in [0.15, 0.2) is 67.1 Å². The molecule has 3 aromatic rings. The zero-order valence-corrected chi connectivity index (χ0v) is 82.5. The van der Waals surface area contributed by atoms with Crippen LogP contribution in [0.4, 0.5) is 0 Å². The van der Waals surface area contributed by atoms with Gasteiger partial charge in [0.25, 0.3) is 0 Å². The van der Waals surface area contributed by atoms with Crippen LogP contribution >= 0.6 is 0 Å². The zero-order valence-electron chi connectivity index (χ0n) is 82.5. The third kappa shape index (κ3) is 117. The summed E-state index contributed by atoms with van der Waals surface area (Å²) in [5.41, 5.74) is 119. The standard InChI is InChI=1S/C15H23N3O4.C9H11NO2.C6H9N3O2.2C6H14N2O2.2C6H13NO2.C5H10N2O3.C5H11NO2.3C4H8N2O3.2C3H7NO2.C2H5NO2/c16-8-2-1-3-12(17)15(21)22-11-6-4-10(5-7-11)9-13(18)14(19)20;10-8(9(11)12)6-7-4-2-1-3-5-7;7-5(6(10)11)1-4-2-8-3-9-4;2*7-4-2-1-3-5(8)6(9)10;1-4(2)3-5(7)6(8)9;1-3-4(2)5(7)6(8)9;6-3(5(9)10)1-2-4(7)8;1-3(2)4(6)5(7)8;3*5-2(4(8)9)1-3(6)7;2*1-2(4)3(5)6;3-1-2(4)5/h4-7,12-13H,1-3,8-9,16-18H2,(H,19,20);1-5,8H,6,10H2,(H,11,12);2-3,5H,1,7H2,(H,8,9)(H,10,11);2*5H,1-4,7-8H2,(H,9,10);2*4-5H,3,7H2,1-2H3,(H,8,9);3H,1-2,6H2,(H2,7,8)(H,9,10);3-4H,6H2,1-2H3,(H,7,8);3*2H,1,5H2,(H2,6,7)(H,8,9);2*2H,4H2,1H3,(H,5,6);1,3H2,(H,4,5)/t12-,13-;8-;4*5-;4-,5-;3-;4-;5*2-;/m00000000000000./s1. The van der Waals surface area contributed by atoms with E-state index in [1.165, 1.54) is 20.2 Å². The molecule has 3 rings (SSSR count). The molecule has 0 fully saturated rings. The van der Waals surface area contributed by atoms with Gasteiger partial charge in [-0.1, -0.05) is 110 Å². The summed E-state index contributed by atoms with van der Waals surface area (Å²) in [7, 11) is 0. The third-order valence-electron chi connectivity index (χ3n) is 16.5. The molecular weight excluding hydrogens is 1940 g/mol. The number of amides is 4. The molecule has 0 unspecified atom stereocenters. The Bertz CT molecular complexity index is 3980. The van der Waals surface area contributed by atoms with Gasteiger partial charge in [0.2, 0.25) is 23.6 Å². The Kier molecular flexibility index (Phi) is 106. The number of carboxylic acids is 15. The molecule has 0 bridgehead atoms. The summed E-state index contributed by atoms with van der Waals surface area (Å²) in [6.07, 6.45) is 10.9. The number of aromatic nitrogens is 2. The fraction of sp³-hybridized carbons (Fsp3) is 0.583. The minimum absolute atomic E-state index is 0.0208. The number of nitrogens with one attached hydrogen (secondary N) is 1. The number of benzene rings is 2. The van der Waals surface area contributed by atoms with Gasteiger partial charge in [0.15, 0.2) is 0 Å². The lowest BCUT2D eigenvalue weighted by Gasteiger charge is -2.11. The molecule has 0 spiro atoms. The molecule has 1 heterocycles. The Hall–Kier alpha value is -13.7. The minimum atomic E-state index is -1.21. The van der Waals surface area contributed by atoms with E-state index in [2.05, 4.69) is 32.9 Å². The number of nitrogens with zero attached hydrogens (tertiary/aromatic N) is 1.